The number of rotatable bonds is 18. The highest BCUT2D eigenvalue weighted by Gasteiger charge is 2.28. The SMILES string of the molecule is CCC(NNCCC(=O)SS(=O)(=O)c1ccc(C)cc1)C(=O)C(CCCN=C(N)N)NC(=O)C(N)Cc1ccccc1. The highest BCUT2D eigenvalue weighted by Crippen LogP contribution is 2.25. The number of aliphatic imine (C=N–C) groups is 1. The lowest BCUT2D eigenvalue weighted by Gasteiger charge is -2.25. The summed E-state index contributed by atoms with van der Waals surface area (Å²) in [6.45, 7) is 4.01. The van der Waals surface area contributed by atoms with Crippen LogP contribution < -0.4 is 33.4 Å². The number of nitrogens with one attached hydrogen (secondary N) is 3. The molecule has 0 radical (unpaired) electrons. The van der Waals surface area contributed by atoms with E-state index in [0.717, 1.165) is 11.1 Å². The summed E-state index contributed by atoms with van der Waals surface area (Å²) < 4.78 is 25.0. The van der Waals surface area contributed by atoms with Crippen LogP contribution in [0.3, 0.4) is 0 Å². The standard InChI is InChI=1S/C28H41N7O5S2/c1-3-23(35-33-17-15-25(36)41-42(39,40)21-13-11-19(2)12-14-21)26(37)24(10-7-16-32-28(30)31)34-27(38)22(29)18-20-8-5-4-6-9-20/h4-6,8-9,11-14,22-24,33,35H,3,7,10,15-18,29H2,1-2H3,(H,34,38)(H4,30,31,32). The number of aryl methyl sites for hydroxylation is 1. The lowest BCUT2D eigenvalue weighted by atomic mass is 9.98. The molecule has 1 amide bonds. The third-order valence-corrected chi connectivity index (χ3v) is 9.49. The Bertz CT molecular complexity index is 1300. The molecule has 0 bridgehead atoms. The van der Waals surface area contributed by atoms with Crippen LogP contribution in [-0.2, 0) is 29.7 Å². The molecule has 42 heavy (non-hydrogen) atoms. The van der Waals surface area contributed by atoms with Crippen molar-refractivity contribution >= 4 is 42.4 Å². The quantitative estimate of drug-likeness (QED) is 0.0453. The fraction of sp³-hybridized carbons (Fsp3) is 0.429. The Morgan fingerprint density at radius 3 is 2.29 bits per heavy atom. The average molecular weight is 620 g/mol. The molecule has 3 unspecified atom stereocenters. The molecule has 0 aliphatic carbocycles. The molecule has 230 valence electrons. The number of hydrazine groups is 1. The zero-order chi connectivity index (χ0) is 31.1. The topological polar surface area (TPSA) is 212 Å². The van der Waals surface area contributed by atoms with Crippen molar-refractivity contribution in [1.29, 1.82) is 0 Å². The molecule has 9 N–H and O–H groups in total. The van der Waals surface area contributed by atoms with E-state index in [2.05, 4.69) is 21.2 Å². The molecular weight excluding hydrogens is 578 g/mol. The van der Waals surface area contributed by atoms with E-state index in [-0.39, 0.29) is 53.4 Å². The molecule has 2 aromatic rings. The first kappa shape index (κ1) is 34.9. The van der Waals surface area contributed by atoms with Crippen molar-refractivity contribution in [3.05, 3.63) is 65.7 Å². The highest BCUT2D eigenvalue weighted by atomic mass is 33.1. The highest BCUT2D eigenvalue weighted by molar-refractivity contribution is 8.77. The predicted octanol–water partition coefficient (Wildman–Crippen LogP) is 0.884. The van der Waals surface area contributed by atoms with E-state index in [0.29, 0.717) is 19.3 Å². The van der Waals surface area contributed by atoms with Crippen LogP contribution in [0.5, 0.6) is 0 Å². The first-order chi connectivity index (χ1) is 19.9. The molecule has 12 nitrogen and oxygen atoms in total. The summed E-state index contributed by atoms with van der Waals surface area (Å²) in [4.78, 5) is 42.6. The van der Waals surface area contributed by atoms with Crippen molar-refractivity contribution < 1.29 is 22.8 Å². The molecule has 0 aliphatic heterocycles. The summed E-state index contributed by atoms with van der Waals surface area (Å²) in [7, 11) is -3.55. The van der Waals surface area contributed by atoms with Crippen molar-refractivity contribution in [3.8, 4) is 0 Å². The minimum absolute atomic E-state index is 0.0607. The summed E-state index contributed by atoms with van der Waals surface area (Å²) >= 11 is 0. The van der Waals surface area contributed by atoms with E-state index in [1.165, 1.54) is 12.1 Å². The molecule has 0 saturated carbocycles. The number of hydrogen-bond donors (Lipinski definition) is 6. The second kappa shape index (κ2) is 17.6. The maximum atomic E-state index is 13.4. The van der Waals surface area contributed by atoms with Crippen LogP contribution in [0.15, 0.2) is 64.5 Å². The van der Waals surface area contributed by atoms with E-state index in [1.54, 1.807) is 19.1 Å². The van der Waals surface area contributed by atoms with Gasteiger partial charge in [0.05, 0.1) is 23.0 Å². The number of ketones is 1. The second-order valence-corrected chi connectivity index (χ2v) is 13.5. The number of amides is 1. The maximum Gasteiger partial charge on any atom is 0.237 e. The van der Waals surface area contributed by atoms with Gasteiger partial charge in [0.1, 0.15) is 0 Å². The third-order valence-electron chi connectivity index (χ3n) is 6.23. The monoisotopic (exact) mass is 619 g/mol. The van der Waals surface area contributed by atoms with Gasteiger partial charge in [0.2, 0.25) is 19.9 Å². The fourth-order valence-corrected chi connectivity index (χ4v) is 6.52. The Balaban J connectivity index is 1.94. The third kappa shape index (κ3) is 12.3. The number of carbonyl (C=O) groups excluding carboxylic acids is 3. The molecule has 0 aliphatic rings. The van der Waals surface area contributed by atoms with Crippen molar-refractivity contribution in [3.63, 3.8) is 0 Å². The zero-order valence-corrected chi connectivity index (χ0v) is 25.5. The summed E-state index contributed by atoms with van der Waals surface area (Å²) in [5.74, 6) is -0.805. The van der Waals surface area contributed by atoms with Crippen molar-refractivity contribution in [1.82, 2.24) is 16.2 Å². The molecular formula is C28H41N7O5S2. The fourth-order valence-electron chi connectivity index (χ4n) is 3.92. The van der Waals surface area contributed by atoms with Crippen LogP contribution in [0.2, 0.25) is 0 Å². The number of nitrogens with two attached hydrogens (primary N) is 3. The number of benzene rings is 2. The molecule has 0 heterocycles. The van der Waals surface area contributed by atoms with Gasteiger partial charge in [0.15, 0.2) is 11.7 Å². The molecule has 14 heteroatoms. The number of guanidine groups is 1. The van der Waals surface area contributed by atoms with E-state index in [9.17, 15) is 22.8 Å². The first-order valence-electron chi connectivity index (χ1n) is 13.6. The molecule has 2 rings (SSSR count). The predicted molar refractivity (Wildman–Crippen MR) is 166 cm³/mol. The Kier molecular flexibility index (Phi) is 14.6. The lowest BCUT2D eigenvalue weighted by Crippen LogP contribution is -2.55. The van der Waals surface area contributed by atoms with E-state index < -0.39 is 38.0 Å². The van der Waals surface area contributed by atoms with E-state index >= 15 is 0 Å². The van der Waals surface area contributed by atoms with Gasteiger partial charge in [-0.05, 0) is 50.3 Å². The normalized spacial score (nSPS) is 13.5. The summed E-state index contributed by atoms with van der Waals surface area (Å²) in [6, 6.07) is 13.2. The minimum Gasteiger partial charge on any atom is -0.370 e. The van der Waals surface area contributed by atoms with Crippen molar-refractivity contribution in [2.24, 2.45) is 22.2 Å². The maximum absolute atomic E-state index is 13.4. The average Bonchev–Trinajstić information content (AvgIpc) is 2.94. The van der Waals surface area contributed by atoms with Gasteiger partial charge in [-0.25, -0.2) is 13.8 Å². The molecule has 0 saturated heterocycles. The van der Waals surface area contributed by atoms with Crippen LogP contribution in [-0.4, -0.2) is 62.4 Å². The van der Waals surface area contributed by atoms with Gasteiger partial charge in [-0.1, -0.05) is 55.0 Å². The van der Waals surface area contributed by atoms with Gasteiger partial charge in [-0.15, -0.1) is 0 Å². The molecule has 0 spiro atoms. The number of nitrogens with zero attached hydrogens (tertiary/aromatic N) is 1. The van der Waals surface area contributed by atoms with Gasteiger partial charge in [-0.3, -0.25) is 24.8 Å². The summed E-state index contributed by atoms with van der Waals surface area (Å²) in [5, 5.41) is 2.24. The van der Waals surface area contributed by atoms with E-state index in [1.807, 2.05) is 37.3 Å². The van der Waals surface area contributed by atoms with Crippen molar-refractivity contribution in [2.45, 2.75) is 69.0 Å². The second-order valence-electron chi connectivity index (χ2n) is 9.71. The smallest absolute Gasteiger partial charge is 0.237 e. The number of carbonyl (C=O) groups is 3. The molecule has 2 aromatic carbocycles. The minimum atomic E-state index is -3.82. The molecule has 0 aromatic heterocycles. The summed E-state index contributed by atoms with van der Waals surface area (Å²) in [6.07, 6.45) is 1.31. The number of hydrogen-bond acceptors (Lipinski definition) is 10. The van der Waals surface area contributed by atoms with Gasteiger partial charge in [0, 0.05) is 30.3 Å². The Morgan fingerprint density at radius 1 is 1.00 bits per heavy atom. The van der Waals surface area contributed by atoms with Gasteiger partial charge >= 0.3 is 0 Å². The van der Waals surface area contributed by atoms with Gasteiger partial charge < -0.3 is 22.5 Å². The summed E-state index contributed by atoms with van der Waals surface area (Å²) in [5.41, 5.74) is 24.4. The van der Waals surface area contributed by atoms with Gasteiger partial charge in [0.25, 0.3) is 0 Å². The Morgan fingerprint density at radius 2 is 1.67 bits per heavy atom. The largest absolute Gasteiger partial charge is 0.370 e. The van der Waals surface area contributed by atoms with Crippen LogP contribution >= 0.6 is 10.8 Å². The lowest BCUT2D eigenvalue weighted by molar-refractivity contribution is -0.130. The first-order valence-corrected chi connectivity index (χ1v) is 16.5. The number of Topliss-reactive ketones (excluding diaryl/α,β-unsaturated/α-hetero) is 1. The van der Waals surface area contributed by atoms with Crippen LogP contribution in [0, 0.1) is 6.92 Å². The Labute approximate surface area is 250 Å². The molecule has 3 atom stereocenters. The Hall–Kier alpha value is -3.30. The zero-order valence-electron chi connectivity index (χ0n) is 23.9. The van der Waals surface area contributed by atoms with Crippen molar-refractivity contribution in [2.75, 3.05) is 13.1 Å². The van der Waals surface area contributed by atoms with Crippen LogP contribution in [0.1, 0.15) is 43.7 Å². The van der Waals surface area contributed by atoms with Crippen LogP contribution in [0.4, 0.5) is 0 Å². The van der Waals surface area contributed by atoms with Gasteiger partial charge in [-0.2, -0.15) is 0 Å². The van der Waals surface area contributed by atoms with Crippen LogP contribution in [0.25, 0.3) is 0 Å². The molecule has 0 fully saturated rings. The van der Waals surface area contributed by atoms with E-state index in [4.69, 9.17) is 17.2 Å².